The minimum absolute atomic E-state index is 0.00384. The monoisotopic (exact) mass is 369 g/mol. The van der Waals surface area contributed by atoms with Gasteiger partial charge in [-0.25, -0.2) is 4.68 Å². The average molecular weight is 369 g/mol. The zero-order chi connectivity index (χ0) is 18.8. The molecule has 2 amide bonds. The maximum Gasteiger partial charge on any atom is 0.228 e. The molecule has 2 aromatic heterocycles. The van der Waals surface area contributed by atoms with E-state index in [9.17, 15) is 9.59 Å². The lowest BCUT2D eigenvalue weighted by atomic mass is 10.2. The van der Waals surface area contributed by atoms with Crippen molar-refractivity contribution in [3.8, 4) is 11.4 Å². The zero-order valence-corrected chi connectivity index (χ0v) is 15.9. The average Bonchev–Trinajstić information content (AvgIpc) is 3.39. The lowest BCUT2D eigenvalue weighted by molar-refractivity contribution is -0.125. The quantitative estimate of drug-likeness (QED) is 0.880. The minimum Gasteiger partial charge on any atom is -0.353 e. The molecule has 2 aromatic rings. The molecule has 0 bridgehead atoms. The van der Waals surface area contributed by atoms with Gasteiger partial charge in [0.05, 0.1) is 5.69 Å². The number of amides is 2. The van der Waals surface area contributed by atoms with Gasteiger partial charge in [0.15, 0.2) is 0 Å². The van der Waals surface area contributed by atoms with Crippen LogP contribution >= 0.6 is 0 Å². The van der Waals surface area contributed by atoms with Gasteiger partial charge >= 0.3 is 0 Å². The SMILES string of the molecule is Cn1cccc1-c1cc2n(n1)CCCN2C(=O)CCC(=O)NC1CCCC1. The van der Waals surface area contributed by atoms with Crippen LogP contribution in [0.3, 0.4) is 0 Å². The van der Waals surface area contributed by atoms with Gasteiger partial charge in [-0.05, 0) is 31.4 Å². The molecule has 4 rings (SSSR count). The van der Waals surface area contributed by atoms with E-state index in [-0.39, 0.29) is 24.7 Å². The van der Waals surface area contributed by atoms with E-state index in [2.05, 4.69) is 10.4 Å². The molecule has 1 fully saturated rings. The number of carbonyl (C=O) groups excluding carboxylic acids is 2. The van der Waals surface area contributed by atoms with Gasteiger partial charge in [-0.1, -0.05) is 12.8 Å². The number of rotatable bonds is 5. The third-order valence-electron chi connectivity index (χ3n) is 5.58. The van der Waals surface area contributed by atoms with Crippen molar-refractivity contribution in [3.05, 3.63) is 24.4 Å². The summed E-state index contributed by atoms with van der Waals surface area (Å²) in [4.78, 5) is 26.7. The summed E-state index contributed by atoms with van der Waals surface area (Å²) in [5.41, 5.74) is 1.90. The molecular weight excluding hydrogens is 342 g/mol. The Morgan fingerprint density at radius 2 is 2.00 bits per heavy atom. The third-order valence-corrected chi connectivity index (χ3v) is 5.58. The summed E-state index contributed by atoms with van der Waals surface area (Å²) in [7, 11) is 1.99. The zero-order valence-electron chi connectivity index (χ0n) is 15.9. The van der Waals surface area contributed by atoms with Crippen LogP contribution in [0.2, 0.25) is 0 Å². The lowest BCUT2D eigenvalue weighted by Gasteiger charge is -2.27. The van der Waals surface area contributed by atoms with E-state index in [1.807, 2.05) is 40.7 Å². The molecule has 1 aliphatic carbocycles. The fourth-order valence-electron chi connectivity index (χ4n) is 4.11. The fourth-order valence-corrected chi connectivity index (χ4v) is 4.11. The highest BCUT2D eigenvalue weighted by atomic mass is 16.2. The van der Waals surface area contributed by atoms with Crippen molar-refractivity contribution < 1.29 is 9.59 Å². The number of nitrogens with zero attached hydrogens (tertiary/aromatic N) is 4. The van der Waals surface area contributed by atoms with Crippen molar-refractivity contribution >= 4 is 17.6 Å². The van der Waals surface area contributed by atoms with Crippen LogP contribution in [0.1, 0.15) is 44.9 Å². The Morgan fingerprint density at radius 3 is 2.74 bits per heavy atom. The van der Waals surface area contributed by atoms with E-state index >= 15 is 0 Å². The Morgan fingerprint density at radius 1 is 1.19 bits per heavy atom. The third kappa shape index (κ3) is 3.77. The summed E-state index contributed by atoms with van der Waals surface area (Å²) in [6, 6.07) is 6.29. The molecule has 7 nitrogen and oxygen atoms in total. The molecule has 0 unspecified atom stereocenters. The molecule has 0 atom stereocenters. The highest BCUT2D eigenvalue weighted by molar-refractivity contribution is 5.95. The van der Waals surface area contributed by atoms with Gasteiger partial charge in [-0.15, -0.1) is 0 Å². The summed E-state index contributed by atoms with van der Waals surface area (Å²) in [6.07, 6.45) is 7.85. The Kier molecular flexibility index (Phi) is 5.01. The predicted molar refractivity (Wildman–Crippen MR) is 103 cm³/mol. The molecular formula is C20H27N5O2. The standard InChI is InChI=1S/C20H27N5O2/c1-23-11-4-8-17(23)16-14-19-24(12-5-13-25(19)22-16)20(27)10-9-18(26)21-15-6-2-3-7-15/h4,8,11,14-15H,2-3,5-7,9-10,12-13H2,1H3,(H,21,26). The van der Waals surface area contributed by atoms with Gasteiger partial charge in [0, 0.05) is 51.3 Å². The van der Waals surface area contributed by atoms with E-state index < -0.39 is 0 Å². The number of aromatic nitrogens is 3. The Hall–Kier alpha value is -2.57. The molecule has 0 saturated heterocycles. The van der Waals surface area contributed by atoms with Crippen LogP contribution in [0.15, 0.2) is 24.4 Å². The summed E-state index contributed by atoms with van der Waals surface area (Å²) in [6.45, 7) is 1.49. The van der Waals surface area contributed by atoms with Gasteiger partial charge in [0.25, 0.3) is 0 Å². The van der Waals surface area contributed by atoms with Crippen molar-refractivity contribution in [1.82, 2.24) is 19.7 Å². The van der Waals surface area contributed by atoms with Crippen molar-refractivity contribution in [2.45, 2.75) is 57.5 Å². The molecule has 1 saturated carbocycles. The predicted octanol–water partition coefficient (Wildman–Crippen LogP) is 2.46. The van der Waals surface area contributed by atoms with Gasteiger partial charge in [-0.3, -0.25) is 14.5 Å². The first-order valence-electron chi connectivity index (χ1n) is 9.91. The highest BCUT2D eigenvalue weighted by Crippen LogP contribution is 2.28. The van der Waals surface area contributed by atoms with Crippen molar-refractivity contribution in [2.75, 3.05) is 11.4 Å². The van der Waals surface area contributed by atoms with Crippen LogP contribution in [-0.4, -0.2) is 38.7 Å². The normalized spacial score (nSPS) is 17.1. The molecule has 2 aliphatic rings. The highest BCUT2D eigenvalue weighted by Gasteiger charge is 2.26. The number of carbonyl (C=O) groups is 2. The lowest BCUT2D eigenvalue weighted by Crippen LogP contribution is -2.38. The maximum absolute atomic E-state index is 12.8. The molecule has 27 heavy (non-hydrogen) atoms. The first kappa shape index (κ1) is 17.8. The van der Waals surface area contributed by atoms with Crippen LogP contribution in [0.25, 0.3) is 11.4 Å². The number of fused-ring (bicyclic) bond motifs is 1. The summed E-state index contributed by atoms with van der Waals surface area (Å²) in [5, 5.41) is 7.73. The Balaban J connectivity index is 1.41. The number of hydrogen-bond acceptors (Lipinski definition) is 3. The first-order valence-corrected chi connectivity index (χ1v) is 9.91. The van der Waals surface area contributed by atoms with Crippen LogP contribution < -0.4 is 10.2 Å². The second-order valence-electron chi connectivity index (χ2n) is 7.56. The second kappa shape index (κ2) is 7.58. The first-order chi connectivity index (χ1) is 13.1. The van der Waals surface area contributed by atoms with Crippen molar-refractivity contribution in [3.63, 3.8) is 0 Å². The molecule has 1 N–H and O–H groups in total. The topological polar surface area (TPSA) is 72.2 Å². The summed E-state index contributed by atoms with van der Waals surface area (Å²) < 4.78 is 3.93. The molecule has 0 radical (unpaired) electrons. The van der Waals surface area contributed by atoms with E-state index in [0.717, 1.165) is 43.0 Å². The molecule has 1 aliphatic heterocycles. The van der Waals surface area contributed by atoms with Gasteiger partial charge < -0.3 is 9.88 Å². The smallest absolute Gasteiger partial charge is 0.228 e. The molecule has 144 valence electrons. The van der Waals surface area contributed by atoms with Gasteiger partial charge in [-0.2, -0.15) is 5.10 Å². The van der Waals surface area contributed by atoms with E-state index in [0.29, 0.717) is 12.6 Å². The number of hydrogen-bond donors (Lipinski definition) is 1. The summed E-state index contributed by atoms with van der Waals surface area (Å²) in [5.74, 6) is 0.819. The fraction of sp³-hybridized carbons (Fsp3) is 0.550. The molecule has 0 spiro atoms. The Labute approximate surface area is 159 Å². The van der Waals surface area contributed by atoms with Crippen LogP contribution in [0, 0.1) is 0 Å². The second-order valence-corrected chi connectivity index (χ2v) is 7.56. The molecule has 3 heterocycles. The molecule has 0 aromatic carbocycles. The number of aryl methyl sites for hydroxylation is 2. The van der Waals surface area contributed by atoms with Crippen LogP contribution in [0.5, 0.6) is 0 Å². The molecule has 7 heteroatoms. The van der Waals surface area contributed by atoms with E-state index in [1.165, 1.54) is 12.8 Å². The van der Waals surface area contributed by atoms with E-state index in [4.69, 9.17) is 0 Å². The van der Waals surface area contributed by atoms with Crippen molar-refractivity contribution in [1.29, 1.82) is 0 Å². The van der Waals surface area contributed by atoms with Crippen LogP contribution in [0.4, 0.5) is 5.82 Å². The summed E-state index contributed by atoms with van der Waals surface area (Å²) >= 11 is 0. The van der Waals surface area contributed by atoms with Gasteiger partial charge in [0.1, 0.15) is 11.5 Å². The maximum atomic E-state index is 12.8. The van der Waals surface area contributed by atoms with Crippen molar-refractivity contribution in [2.24, 2.45) is 7.05 Å². The Bertz CT molecular complexity index is 831. The number of anilines is 1. The largest absolute Gasteiger partial charge is 0.353 e. The van der Waals surface area contributed by atoms with Gasteiger partial charge in [0.2, 0.25) is 11.8 Å². The number of nitrogens with one attached hydrogen (secondary N) is 1. The van der Waals surface area contributed by atoms with E-state index in [1.54, 1.807) is 4.90 Å². The minimum atomic E-state index is -0.00901. The van der Waals surface area contributed by atoms with Crippen LogP contribution in [-0.2, 0) is 23.2 Å².